The summed E-state index contributed by atoms with van der Waals surface area (Å²) in [6.07, 6.45) is 17.9. The molecule has 0 unspecified atom stereocenters. The van der Waals surface area contributed by atoms with E-state index >= 15 is 3.32 Å². The van der Waals surface area contributed by atoms with Crippen molar-refractivity contribution < 1.29 is 26.0 Å². The second-order valence-electron chi connectivity index (χ2n) is 8.60. The molecule has 24 heavy (non-hydrogen) atoms. The molecule has 0 amide bonds. The fourth-order valence-corrected chi connectivity index (χ4v) is 15.1. The maximum atomic E-state index is 15.0. The third-order valence-electron chi connectivity index (χ3n) is 7.06. The molecule has 3 aliphatic carbocycles. The Bertz CT molecular complexity index is 422. The number of hydrogen-bond acceptors (Lipinski definition) is 3. The van der Waals surface area contributed by atoms with E-state index in [2.05, 4.69) is 0 Å². The summed E-state index contributed by atoms with van der Waals surface area (Å²) < 4.78 is 28.7. The third-order valence-corrected chi connectivity index (χ3v) is 16.0. The summed E-state index contributed by atoms with van der Waals surface area (Å²) in [5.41, 5.74) is 0. The van der Waals surface area contributed by atoms with Crippen LogP contribution in [0.3, 0.4) is 0 Å². The van der Waals surface area contributed by atoms with E-state index in [0.29, 0.717) is 6.61 Å². The Morgan fingerprint density at radius 2 is 1.12 bits per heavy atom. The van der Waals surface area contributed by atoms with Gasteiger partial charge in [-0.3, -0.25) is 0 Å². The van der Waals surface area contributed by atoms with Crippen molar-refractivity contribution in [2.45, 2.75) is 118 Å². The molecule has 0 radical (unpaired) electrons. The maximum absolute atomic E-state index is 15.0. The standard InChI is InChI=1S/C6H11O.2C6H11.C2H5O.O.Ti/c7-6-4-2-1-3-5-6;2*1-2-4-6-5-3-1;1-2-3;;/h6H,1-5H2;2*1H,2-6H2;2H2,1H3;;/q-1;;;-1;;+2. The van der Waals surface area contributed by atoms with Gasteiger partial charge in [-0.1, -0.05) is 0 Å². The van der Waals surface area contributed by atoms with Gasteiger partial charge in [0.15, 0.2) is 0 Å². The second kappa shape index (κ2) is 8.42. The first-order chi connectivity index (χ1) is 11.7. The van der Waals surface area contributed by atoms with Crippen molar-refractivity contribution in [3.63, 3.8) is 0 Å². The van der Waals surface area contributed by atoms with E-state index in [1.807, 2.05) is 6.92 Å². The van der Waals surface area contributed by atoms with Gasteiger partial charge in [0, 0.05) is 0 Å². The fraction of sp³-hybridized carbons (Fsp3) is 1.00. The molecule has 0 spiro atoms. The summed E-state index contributed by atoms with van der Waals surface area (Å²) in [4.78, 5) is 0. The first-order valence-corrected chi connectivity index (χ1v) is 14.6. The first kappa shape index (κ1) is 19.2. The predicted molar refractivity (Wildman–Crippen MR) is 93.9 cm³/mol. The monoisotopic (exact) mass is 374 g/mol. The molecule has 0 saturated heterocycles. The van der Waals surface area contributed by atoms with Crippen molar-refractivity contribution >= 4 is 0 Å². The second-order valence-corrected chi connectivity index (χ2v) is 15.5. The van der Waals surface area contributed by atoms with Crippen molar-refractivity contribution in [3.05, 3.63) is 0 Å². The molecule has 0 heterocycles. The zero-order valence-electron chi connectivity index (χ0n) is 15.8. The van der Waals surface area contributed by atoms with Crippen molar-refractivity contribution in [1.29, 1.82) is 0 Å². The Morgan fingerprint density at radius 1 is 0.708 bits per heavy atom. The van der Waals surface area contributed by atoms with Gasteiger partial charge in [-0.2, -0.15) is 0 Å². The van der Waals surface area contributed by atoms with Gasteiger partial charge >= 0.3 is 150 Å². The molecule has 4 heteroatoms. The summed E-state index contributed by atoms with van der Waals surface area (Å²) in [5, 5.41) is 0. The third kappa shape index (κ3) is 3.90. The van der Waals surface area contributed by atoms with Gasteiger partial charge in [0.25, 0.3) is 0 Å². The van der Waals surface area contributed by atoms with Crippen LogP contribution in [0.15, 0.2) is 0 Å². The molecule has 3 rings (SSSR count). The molecule has 0 aromatic rings. The molecule has 0 N–H and O–H groups in total. The molecule has 0 aliphatic heterocycles. The Labute approximate surface area is 150 Å². The first-order valence-electron chi connectivity index (χ1n) is 10.9. The Hall–Kier alpha value is 0.434. The molecular weight excluding hydrogens is 336 g/mol. The van der Waals surface area contributed by atoms with Crippen LogP contribution in [0.1, 0.15) is 103 Å². The summed E-state index contributed by atoms with van der Waals surface area (Å²) >= 11 is -4.70. The van der Waals surface area contributed by atoms with Crippen molar-refractivity contribution in [2.75, 3.05) is 6.61 Å². The molecule has 0 atom stereocenters. The normalized spacial score (nSPS) is 26.6. The van der Waals surface area contributed by atoms with Gasteiger partial charge in [0.05, 0.1) is 0 Å². The molecule has 0 aromatic heterocycles. The minimum absolute atomic E-state index is 0.198. The van der Waals surface area contributed by atoms with E-state index in [1.165, 1.54) is 57.8 Å². The molecule has 3 aliphatic rings. The van der Waals surface area contributed by atoms with Crippen LogP contribution in [0.4, 0.5) is 0 Å². The van der Waals surface area contributed by atoms with E-state index in [0.717, 1.165) is 38.5 Å². The van der Waals surface area contributed by atoms with Crippen molar-refractivity contribution in [1.82, 2.24) is 0 Å². The summed E-state index contributed by atoms with van der Waals surface area (Å²) in [6.45, 7) is 2.58. The average Bonchev–Trinajstić information content (AvgIpc) is 2.64. The van der Waals surface area contributed by atoms with E-state index < -0.39 is 16.1 Å². The van der Waals surface area contributed by atoms with Gasteiger partial charge in [0.2, 0.25) is 0 Å². The summed E-state index contributed by atoms with van der Waals surface area (Å²) in [7, 11) is 0. The van der Waals surface area contributed by atoms with Crippen LogP contribution in [0.5, 0.6) is 0 Å². The molecule has 140 valence electrons. The molecule has 3 saturated carbocycles. The van der Waals surface area contributed by atoms with Crippen LogP contribution in [-0.4, -0.2) is 12.7 Å². The quantitative estimate of drug-likeness (QED) is 0.483. The van der Waals surface area contributed by atoms with Crippen LogP contribution >= 0.6 is 0 Å². The molecule has 0 aromatic carbocycles. The van der Waals surface area contributed by atoms with Crippen LogP contribution in [-0.2, 0) is 26.0 Å². The topological polar surface area (TPSA) is 35.5 Å². The van der Waals surface area contributed by atoms with Crippen molar-refractivity contribution in [2.24, 2.45) is 0 Å². The number of hydrogen-bond donors (Lipinski definition) is 0. The summed E-state index contributed by atoms with van der Waals surface area (Å²) in [6, 6.07) is 0. The molecule has 0 bridgehead atoms. The molecule has 3 fully saturated rings. The van der Waals surface area contributed by atoms with E-state index in [9.17, 15) is 0 Å². The number of rotatable bonds is 6. The van der Waals surface area contributed by atoms with Gasteiger partial charge in [-0.05, 0) is 0 Å². The van der Waals surface area contributed by atoms with Crippen LogP contribution < -0.4 is 0 Å². The van der Waals surface area contributed by atoms with Crippen LogP contribution in [0.25, 0.3) is 0 Å². The zero-order valence-corrected chi connectivity index (χ0v) is 17.3. The van der Waals surface area contributed by atoms with Crippen LogP contribution in [0.2, 0.25) is 8.45 Å². The van der Waals surface area contributed by atoms with Gasteiger partial charge in [0.1, 0.15) is 0 Å². The van der Waals surface area contributed by atoms with E-state index in [-0.39, 0.29) is 14.5 Å². The van der Waals surface area contributed by atoms with E-state index in [4.69, 9.17) is 6.64 Å². The van der Waals surface area contributed by atoms with E-state index in [1.54, 1.807) is 0 Å². The SMILES string of the molecule is CC[O][Ti](=[O])([O]C1CCCCC1)([CH]1CCCCC1)[CH]1CCCCC1. The summed E-state index contributed by atoms with van der Waals surface area (Å²) in [5.74, 6) is 0. The van der Waals surface area contributed by atoms with Gasteiger partial charge in [-0.25, -0.2) is 0 Å². The van der Waals surface area contributed by atoms with Gasteiger partial charge in [-0.15, -0.1) is 0 Å². The Balaban J connectivity index is 1.92. The molecular formula is C20H38O3Ti. The van der Waals surface area contributed by atoms with Crippen LogP contribution in [0, 0.1) is 0 Å². The predicted octanol–water partition coefficient (Wildman–Crippen LogP) is 6.74. The Morgan fingerprint density at radius 3 is 1.54 bits per heavy atom. The van der Waals surface area contributed by atoms with Crippen molar-refractivity contribution in [3.8, 4) is 0 Å². The van der Waals surface area contributed by atoms with Gasteiger partial charge < -0.3 is 0 Å². The average molecular weight is 374 g/mol. The zero-order chi connectivity index (χ0) is 16.9. The minimum atomic E-state index is -4.70. The fourth-order valence-electron chi connectivity index (χ4n) is 5.84. The Kier molecular flexibility index (Phi) is 6.73. The molecule has 3 nitrogen and oxygen atoms in total.